The Balaban J connectivity index is 2.49. The largest absolute Gasteiger partial charge is 0.447 e. The van der Waals surface area contributed by atoms with Gasteiger partial charge in [0.2, 0.25) is 5.91 Å². The van der Waals surface area contributed by atoms with Gasteiger partial charge >= 0.3 is 6.09 Å². The molecule has 0 radical (unpaired) electrons. The van der Waals surface area contributed by atoms with Gasteiger partial charge in [-0.1, -0.05) is 26.8 Å². The zero-order valence-electron chi connectivity index (χ0n) is 11.5. The van der Waals surface area contributed by atoms with E-state index >= 15 is 0 Å². The van der Waals surface area contributed by atoms with E-state index in [1.54, 1.807) is 0 Å². The van der Waals surface area contributed by atoms with Crippen molar-refractivity contribution in [1.82, 2.24) is 4.90 Å². The number of imide groups is 1. The Hall–Kier alpha value is -1.32. The average Bonchev–Trinajstić information content (AvgIpc) is 2.70. The van der Waals surface area contributed by atoms with Crippen LogP contribution in [0.15, 0.2) is 12.7 Å². The second kappa shape index (κ2) is 6.57. The van der Waals surface area contributed by atoms with Crippen LogP contribution in [0.4, 0.5) is 4.79 Å². The van der Waals surface area contributed by atoms with Crippen molar-refractivity contribution in [2.24, 2.45) is 11.8 Å². The van der Waals surface area contributed by atoms with Crippen LogP contribution in [0.3, 0.4) is 0 Å². The molecule has 0 aromatic heterocycles. The number of amides is 2. The van der Waals surface area contributed by atoms with Gasteiger partial charge in [0.25, 0.3) is 0 Å². The molecular weight excluding hydrogens is 230 g/mol. The van der Waals surface area contributed by atoms with Crippen LogP contribution in [-0.4, -0.2) is 29.5 Å². The molecule has 1 saturated heterocycles. The fraction of sp³-hybridized carbons (Fsp3) is 0.714. The van der Waals surface area contributed by atoms with Crippen molar-refractivity contribution in [3.63, 3.8) is 0 Å². The van der Waals surface area contributed by atoms with Crippen LogP contribution >= 0.6 is 0 Å². The van der Waals surface area contributed by atoms with E-state index in [2.05, 4.69) is 13.5 Å². The number of cyclic esters (lactones) is 1. The normalized spacial score (nSPS) is 21.0. The van der Waals surface area contributed by atoms with Crippen molar-refractivity contribution in [3.05, 3.63) is 12.7 Å². The highest BCUT2D eigenvalue weighted by Crippen LogP contribution is 2.21. The number of ether oxygens (including phenoxy) is 1. The van der Waals surface area contributed by atoms with Gasteiger partial charge in [-0.25, -0.2) is 9.69 Å². The van der Waals surface area contributed by atoms with E-state index in [4.69, 9.17) is 4.74 Å². The van der Waals surface area contributed by atoms with Gasteiger partial charge in [-0.15, -0.1) is 6.58 Å². The van der Waals surface area contributed by atoms with Gasteiger partial charge < -0.3 is 4.74 Å². The molecule has 2 atom stereocenters. The summed E-state index contributed by atoms with van der Waals surface area (Å²) in [6, 6.07) is -0.109. The highest BCUT2D eigenvalue weighted by Gasteiger charge is 2.38. The number of nitrogens with zero attached hydrogens (tertiary/aromatic N) is 1. The molecule has 1 heterocycles. The molecule has 0 aliphatic carbocycles. The number of allylic oxidation sites excluding steroid dienone is 1. The first-order valence-corrected chi connectivity index (χ1v) is 6.58. The van der Waals surface area contributed by atoms with Crippen LogP contribution in [-0.2, 0) is 9.53 Å². The van der Waals surface area contributed by atoms with Crippen molar-refractivity contribution in [2.45, 2.75) is 46.1 Å². The van der Waals surface area contributed by atoms with Gasteiger partial charge in [0.1, 0.15) is 6.61 Å². The van der Waals surface area contributed by atoms with Crippen molar-refractivity contribution < 1.29 is 14.3 Å². The molecule has 4 nitrogen and oxygen atoms in total. The molecule has 102 valence electrons. The minimum absolute atomic E-state index is 0.109. The molecule has 0 aromatic carbocycles. The van der Waals surface area contributed by atoms with Crippen molar-refractivity contribution >= 4 is 12.0 Å². The van der Waals surface area contributed by atoms with Gasteiger partial charge in [-0.2, -0.15) is 0 Å². The lowest BCUT2D eigenvalue weighted by Crippen LogP contribution is -2.41. The SMILES string of the molecule is C=C[C@H](C)CCCC(=O)N1C(=O)OC[C@@H]1C(C)C. The monoisotopic (exact) mass is 253 g/mol. The molecule has 0 N–H and O–H groups in total. The van der Waals surface area contributed by atoms with Crippen LogP contribution < -0.4 is 0 Å². The second-order valence-electron chi connectivity index (χ2n) is 5.26. The third kappa shape index (κ3) is 3.59. The molecule has 0 spiro atoms. The maximum atomic E-state index is 12.0. The maximum absolute atomic E-state index is 12.0. The van der Waals surface area contributed by atoms with Crippen LogP contribution in [0.25, 0.3) is 0 Å². The maximum Gasteiger partial charge on any atom is 0.416 e. The predicted octanol–water partition coefficient (Wildman–Crippen LogP) is 2.98. The van der Waals surface area contributed by atoms with E-state index in [0.29, 0.717) is 18.9 Å². The number of rotatable bonds is 6. The van der Waals surface area contributed by atoms with Gasteiger partial charge in [0.15, 0.2) is 0 Å². The summed E-state index contributed by atoms with van der Waals surface area (Å²) in [6.45, 7) is 10.1. The standard InChI is InChI=1S/C14H23NO3/c1-5-11(4)7-6-8-13(16)15-12(10(2)3)9-18-14(15)17/h5,10-12H,1,6-9H2,2-4H3/t11-,12+/m0/s1. The molecule has 4 heteroatoms. The topological polar surface area (TPSA) is 46.6 Å². The molecule has 0 saturated carbocycles. The Morgan fingerprint density at radius 2 is 2.22 bits per heavy atom. The van der Waals surface area contributed by atoms with Gasteiger partial charge in [0.05, 0.1) is 6.04 Å². The molecule has 1 fully saturated rings. The van der Waals surface area contributed by atoms with Crippen LogP contribution in [0.5, 0.6) is 0 Å². The van der Waals surface area contributed by atoms with Crippen molar-refractivity contribution in [1.29, 1.82) is 0 Å². The molecule has 0 unspecified atom stereocenters. The van der Waals surface area contributed by atoms with E-state index in [1.165, 1.54) is 4.90 Å². The summed E-state index contributed by atoms with van der Waals surface area (Å²) >= 11 is 0. The summed E-state index contributed by atoms with van der Waals surface area (Å²) in [5.74, 6) is 0.518. The third-order valence-corrected chi connectivity index (χ3v) is 3.40. The van der Waals surface area contributed by atoms with E-state index in [0.717, 1.165) is 12.8 Å². The molecule has 1 aliphatic heterocycles. The van der Waals surface area contributed by atoms with E-state index in [1.807, 2.05) is 19.9 Å². The first-order valence-electron chi connectivity index (χ1n) is 6.58. The molecule has 1 rings (SSSR count). The molecule has 18 heavy (non-hydrogen) atoms. The fourth-order valence-corrected chi connectivity index (χ4v) is 2.03. The molecule has 0 aromatic rings. The van der Waals surface area contributed by atoms with E-state index < -0.39 is 6.09 Å². The van der Waals surface area contributed by atoms with E-state index in [9.17, 15) is 9.59 Å². The summed E-state index contributed by atoms with van der Waals surface area (Å²) in [5, 5.41) is 0. The Bertz CT molecular complexity index is 325. The van der Waals surface area contributed by atoms with Crippen LogP contribution in [0.1, 0.15) is 40.0 Å². The first kappa shape index (κ1) is 14.7. The Morgan fingerprint density at radius 1 is 1.56 bits per heavy atom. The Morgan fingerprint density at radius 3 is 2.78 bits per heavy atom. The number of carbonyl (C=O) groups excluding carboxylic acids is 2. The van der Waals surface area contributed by atoms with Gasteiger partial charge in [-0.05, 0) is 24.7 Å². The Kier molecular flexibility index (Phi) is 5.38. The average molecular weight is 253 g/mol. The molecular formula is C14H23NO3. The second-order valence-corrected chi connectivity index (χ2v) is 5.26. The highest BCUT2D eigenvalue weighted by molar-refractivity contribution is 5.93. The first-order chi connectivity index (χ1) is 8.47. The number of hydrogen-bond donors (Lipinski definition) is 0. The summed E-state index contributed by atoms with van der Waals surface area (Å²) in [7, 11) is 0. The zero-order valence-corrected chi connectivity index (χ0v) is 11.5. The van der Waals surface area contributed by atoms with Crippen LogP contribution in [0.2, 0.25) is 0 Å². The minimum Gasteiger partial charge on any atom is -0.447 e. The quantitative estimate of drug-likeness (QED) is 0.684. The molecule has 0 bridgehead atoms. The summed E-state index contributed by atoms with van der Waals surface area (Å²) < 4.78 is 4.96. The van der Waals surface area contributed by atoms with Crippen molar-refractivity contribution in [3.8, 4) is 0 Å². The molecule has 1 aliphatic rings. The minimum atomic E-state index is -0.490. The summed E-state index contributed by atoms with van der Waals surface area (Å²) in [4.78, 5) is 24.9. The highest BCUT2D eigenvalue weighted by atomic mass is 16.6. The van der Waals surface area contributed by atoms with Crippen molar-refractivity contribution in [2.75, 3.05) is 6.61 Å². The lowest BCUT2D eigenvalue weighted by Gasteiger charge is -2.22. The van der Waals surface area contributed by atoms with E-state index in [-0.39, 0.29) is 17.9 Å². The van der Waals surface area contributed by atoms with Gasteiger partial charge in [0, 0.05) is 6.42 Å². The lowest BCUT2D eigenvalue weighted by molar-refractivity contribution is -0.129. The Labute approximate surface area is 109 Å². The zero-order chi connectivity index (χ0) is 13.7. The summed E-state index contributed by atoms with van der Waals surface area (Å²) in [6.07, 6.45) is 3.49. The smallest absolute Gasteiger partial charge is 0.416 e. The predicted molar refractivity (Wildman–Crippen MR) is 70.0 cm³/mol. The van der Waals surface area contributed by atoms with Gasteiger partial charge in [-0.3, -0.25) is 4.79 Å². The number of carbonyl (C=O) groups is 2. The lowest BCUT2D eigenvalue weighted by atomic mass is 10.0. The third-order valence-electron chi connectivity index (χ3n) is 3.40. The summed E-state index contributed by atoms with van der Waals surface area (Å²) in [5.41, 5.74) is 0. The fourth-order valence-electron chi connectivity index (χ4n) is 2.03. The molecule has 2 amide bonds. The van der Waals surface area contributed by atoms with Crippen LogP contribution in [0, 0.1) is 11.8 Å². The number of hydrogen-bond acceptors (Lipinski definition) is 3.